The molecule has 0 fully saturated rings. The molecule has 0 atom stereocenters. The Balaban J connectivity index is 1.85. The first-order valence-electron chi connectivity index (χ1n) is 7.21. The van der Waals surface area contributed by atoms with Crippen molar-refractivity contribution >= 4 is 23.5 Å². The summed E-state index contributed by atoms with van der Waals surface area (Å²) in [5.74, 6) is -0.507. The van der Waals surface area contributed by atoms with E-state index in [9.17, 15) is 9.59 Å². The molecule has 7 heteroatoms. The van der Waals surface area contributed by atoms with Crippen molar-refractivity contribution in [1.29, 1.82) is 0 Å². The van der Waals surface area contributed by atoms with Gasteiger partial charge in [-0.15, -0.1) is 0 Å². The quantitative estimate of drug-likeness (QED) is 0.622. The van der Waals surface area contributed by atoms with Crippen LogP contribution in [-0.4, -0.2) is 35.3 Å². The van der Waals surface area contributed by atoms with Crippen LogP contribution in [0.2, 0.25) is 5.02 Å². The minimum atomic E-state index is -0.285. The molecule has 0 spiro atoms. The van der Waals surface area contributed by atoms with Crippen LogP contribution in [0.1, 0.15) is 28.8 Å². The summed E-state index contributed by atoms with van der Waals surface area (Å²) in [5.41, 5.74) is 1.40. The van der Waals surface area contributed by atoms with Gasteiger partial charge in [0.05, 0.1) is 25.4 Å². The maximum atomic E-state index is 12.0. The number of amides is 1. The molecule has 122 valence electrons. The van der Waals surface area contributed by atoms with Crippen LogP contribution in [0.5, 0.6) is 0 Å². The number of rotatable bonds is 7. The molecule has 23 heavy (non-hydrogen) atoms. The van der Waals surface area contributed by atoms with Gasteiger partial charge in [-0.3, -0.25) is 14.3 Å². The zero-order valence-corrected chi connectivity index (χ0v) is 13.5. The lowest BCUT2D eigenvalue weighted by molar-refractivity contribution is -0.140. The average Bonchev–Trinajstić information content (AvgIpc) is 3.02. The van der Waals surface area contributed by atoms with Crippen molar-refractivity contribution in [2.75, 3.05) is 13.7 Å². The third-order valence-electron chi connectivity index (χ3n) is 3.26. The number of aromatic nitrogens is 2. The molecule has 0 saturated carbocycles. The maximum absolute atomic E-state index is 12.0. The summed E-state index contributed by atoms with van der Waals surface area (Å²) >= 11 is 6.11. The van der Waals surface area contributed by atoms with Crippen LogP contribution >= 0.6 is 11.6 Å². The highest BCUT2D eigenvalue weighted by molar-refractivity contribution is 6.31. The summed E-state index contributed by atoms with van der Waals surface area (Å²) in [6, 6.07) is 7.49. The molecular formula is C16H18ClN3O3. The van der Waals surface area contributed by atoms with Crippen molar-refractivity contribution in [3.05, 3.63) is 52.8 Å². The van der Waals surface area contributed by atoms with Crippen LogP contribution < -0.4 is 5.32 Å². The molecule has 0 bridgehead atoms. The number of nitrogens with zero attached hydrogens (tertiary/aromatic N) is 2. The molecule has 0 aliphatic carbocycles. The van der Waals surface area contributed by atoms with E-state index in [4.69, 9.17) is 11.6 Å². The van der Waals surface area contributed by atoms with E-state index in [1.165, 1.54) is 13.3 Å². The van der Waals surface area contributed by atoms with Crippen molar-refractivity contribution in [3.8, 4) is 0 Å². The van der Waals surface area contributed by atoms with Crippen molar-refractivity contribution in [1.82, 2.24) is 15.1 Å². The fraction of sp³-hybridized carbons (Fsp3) is 0.312. The van der Waals surface area contributed by atoms with Crippen LogP contribution in [-0.2, 0) is 16.1 Å². The van der Waals surface area contributed by atoms with Gasteiger partial charge in [-0.1, -0.05) is 29.8 Å². The predicted octanol–water partition coefficient (Wildman–Crippen LogP) is 2.27. The summed E-state index contributed by atoms with van der Waals surface area (Å²) in [6.45, 7) is 0.902. The van der Waals surface area contributed by atoms with Crippen molar-refractivity contribution in [3.63, 3.8) is 0 Å². The Kier molecular flexibility index (Phi) is 6.17. The Morgan fingerprint density at radius 1 is 1.35 bits per heavy atom. The van der Waals surface area contributed by atoms with Gasteiger partial charge in [0.2, 0.25) is 0 Å². The first-order valence-corrected chi connectivity index (χ1v) is 7.59. The molecule has 1 aromatic heterocycles. The highest BCUT2D eigenvalue weighted by atomic mass is 35.5. The highest BCUT2D eigenvalue weighted by Gasteiger charge is 2.09. The van der Waals surface area contributed by atoms with Gasteiger partial charge in [0.25, 0.3) is 5.91 Å². The lowest BCUT2D eigenvalue weighted by Crippen LogP contribution is -2.24. The second-order valence-electron chi connectivity index (χ2n) is 4.95. The van der Waals surface area contributed by atoms with Gasteiger partial charge in [-0.2, -0.15) is 5.10 Å². The number of carbonyl (C=O) groups excluding carboxylic acids is 2. The van der Waals surface area contributed by atoms with E-state index in [0.717, 1.165) is 5.56 Å². The fourth-order valence-corrected chi connectivity index (χ4v) is 2.20. The second-order valence-corrected chi connectivity index (χ2v) is 5.36. The van der Waals surface area contributed by atoms with Crippen LogP contribution in [0.4, 0.5) is 0 Å². The number of esters is 1. The first-order chi connectivity index (χ1) is 11.1. The number of halogens is 1. The van der Waals surface area contributed by atoms with E-state index < -0.39 is 0 Å². The summed E-state index contributed by atoms with van der Waals surface area (Å²) < 4.78 is 6.19. The monoisotopic (exact) mass is 335 g/mol. The van der Waals surface area contributed by atoms with Gasteiger partial charge in [0, 0.05) is 24.2 Å². The molecule has 1 heterocycles. The predicted molar refractivity (Wildman–Crippen MR) is 86.4 cm³/mol. The van der Waals surface area contributed by atoms with E-state index in [1.54, 1.807) is 10.9 Å². The van der Waals surface area contributed by atoms with Gasteiger partial charge in [-0.05, 0) is 18.1 Å². The van der Waals surface area contributed by atoms with Crippen LogP contribution in [0, 0.1) is 0 Å². The Hall–Kier alpha value is -2.34. The largest absolute Gasteiger partial charge is 0.469 e. The second kappa shape index (κ2) is 8.33. The number of methoxy groups -OCH3 is 1. The third kappa shape index (κ3) is 5.10. The van der Waals surface area contributed by atoms with E-state index in [1.807, 2.05) is 24.3 Å². The standard InChI is InChI=1S/C16H18ClN3O3/c1-23-15(21)7-4-8-18-16(22)13-9-19-20(11-13)10-12-5-2-3-6-14(12)17/h2-3,5-6,9,11H,4,7-8,10H2,1H3,(H,18,22). The molecule has 0 saturated heterocycles. The summed E-state index contributed by atoms with van der Waals surface area (Å²) in [6.07, 6.45) is 3.99. The average molecular weight is 336 g/mol. The summed E-state index contributed by atoms with van der Waals surface area (Å²) in [5, 5.41) is 7.57. The Morgan fingerprint density at radius 2 is 2.13 bits per heavy atom. The molecule has 1 amide bonds. The van der Waals surface area contributed by atoms with Gasteiger partial charge in [0.1, 0.15) is 0 Å². The third-order valence-corrected chi connectivity index (χ3v) is 3.63. The lowest BCUT2D eigenvalue weighted by atomic mass is 10.2. The van der Waals surface area contributed by atoms with E-state index in [2.05, 4.69) is 15.2 Å². The van der Waals surface area contributed by atoms with Gasteiger partial charge >= 0.3 is 5.97 Å². The molecule has 1 N–H and O–H groups in total. The molecule has 1 aromatic carbocycles. The van der Waals surface area contributed by atoms with Crippen molar-refractivity contribution < 1.29 is 14.3 Å². The number of ether oxygens (including phenoxy) is 1. The van der Waals surface area contributed by atoms with Gasteiger partial charge in [0.15, 0.2) is 0 Å². The zero-order chi connectivity index (χ0) is 16.7. The Bertz CT molecular complexity index is 685. The summed E-state index contributed by atoms with van der Waals surface area (Å²) in [7, 11) is 1.34. The molecule has 2 aromatic rings. The van der Waals surface area contributed by atoms with Crippen molar-refractivity contribution in [2.24, 2.45) is 0 Å². The lowest BCUT2D eigenvalue weighted by Gasteiger charge is -2.04. The molecular weight excluding hydrogens is 318 g/mol. The molecule has 0 radical (unpaired) electrons. The van der Waals surface area contributed by atoms with Gasteiger partial charge < -0.3 is 10.1 Å². The molecule has 0 aliphatic heterocycles. The topological polar surface area (TPSA) is 73.2 Å². The normalized spacial score (nSPS) is 10.3. The maximum Gasteiger partial charge on any atom is 0.305 e. The number of nitrogens with one attached hydrogen (secondary N) is 1. The molecule has 6 nitrogen and oxygen atoms in total. The molecule has 0 unspecified atom stereocenters. The first kappa shape index (κ1) is 17.0. The Morgan fingerprint density at radius 3 is 2.87 bits per heavy atom. The van der Waals surface area contributed by atoms with E-state index >= 15 is 0 Å². The highest BCUT2D eigenvalue weighted by Crippen LogP contribution is 2.16. The zero-order valence-electron chi connectivity index (χ0n) is 12.8. The van der Waals surface area contributed by atoms with Crippen molar-refractivity contribution in [2.45, 2.75) is 19.4 Å². The minimum absolute atomic E-state index is 0.222. The van der Waals surface area contributed by atoms with Crippen LogP contribution in [0.3, 0.4) is 0 Å². The van der Waals surface area contributed by atoms with Crippen LogP contribution in [0.25, 0.3) is 0 Å². The van der Waals surface area contributed by atoms with Crippen LogP contribution in [0.15, 0.2) is 36.7 Å². The SMILES string of the molecule is COC(=O)CCCNC(=O)c1cnn(Cc2ccccc2Cl)c1. The fourth-order valence-electron chi connectivity index (χ4n) is 2.01. The number of benzene rings is 1. The van der Waals surface area contributed by atoms with E-state index in [-0.39, 0.29) is 18.3 Å². The number of hydrogen-bond donors (Lipinski definition) is 1. The number of hydrogen-bond acceptors (Lipinski definition) is 4. The summed E-state index contributed by atoms with van der Waals surface area (Å²) in [4.78, 5) is 23.0. The Labute approximate surface area is 139 Å². The van der Waals surface area contributed by atoms with E-state index in [0.29, 0.717) is 30.1 Å². The number of carbonyl (C=O) groups is 2. The molecule has 0 aliphatic rings. The minimum Gasteiger partial charge on any atom is -0.469 e. The molecule has 2 rings (SSSR count). The smallest absolute Gasteiger partial charge is 0.305 e. The van der Waals surface area contributed by atoms with Gasteiger partial charge in [-0.25, -0.2) is 0 Å².